The summed E-state index contributed by atoms with van der Waals surface area (Å²) in [6.45, 7) is 5.89. The molecule has 1 N–H and O–H groups in total. The fourth-order valence-corrected chi connectivity index (χ4v) is 3.20. The van der Waals surface area contributed by atoms with Gasteiger partial charge in [-0.3, -0.25) is 4.79 Å². The maximum absolute atomic E-state index is 14.0. The van der Waals surface area contributed by atoms with Gasteiger partial charge in [-0.05, 0) is 33.2 Å². The molecule has 7 nitrogen and oxygen atoms in total. The number of para-hydroxylation sites is 1. The Morgan fingerprint density at radius 1 is 1.14 bits per heavy atom. The third-order valence-electron chi connectivity index (χ3n) is 4.70. The van der Waals surface area contributed by atoms with Gasteiger partial charge in [0.15, 0.2) is 0 Å². The van der Waals surface area contributed by atoms with E-state index < -0.39 is 0 Å². The lowest BCUT2D eigenvalue weighted by Gasteiger charge is -2.36. The number of nitrogens with one attached hydrogen (secondary N) is 1. The van der Waals surface area contributed by atoms with Gasteiger partial charge in [-0.1, -0.05) is 12.1 Å². The van der Waals surface area contributed by atoms with Crippen molar-refractivity contribution in [3.05, 3.63) is 47.7 Å². The summed E-state index contributed by atoms with van der Waals surface area (Å²) in [6.07, 6.45) is 0. The van der Waals surface area contributed by atoms with E-state index in [2.05, 4.69) is 20.2 Å². The smallest absolute Gasteiger partial charge is 0.270 e. The molecule has 1 saturated heterocycles. The molecule has 0 bridgehead atoms. The van der Waals surface area contributed by atoms with Crippen molar-refractivity contribution < 1.29 is 9.18 Å². The molecule has 0 saturated carbocycles. The Kier molecular flexibility index (Phi) is 6.41. The molecule has 0 spiro atoms. The highest BCUT2D eigenvalue weighted by atomic mass is 19.1. The molecule has 1 aromatic heterocycles. The van der Waals surface area contributed by atoms with E-state index in [4.69, 9.17) is 0 Å². The zero-order valence-electron chi connectivity index (χ0n) is 16.7. The van der Waals surface area contributed by atoms with Crippen LogP contribution in [0.15, 0.2) is 30.3 Å². The van der Waals surface area contributed by atoms with E-state index in [1.165, 1.54) is 6.07 Å². The zero-order chi connectivity index (χ0) is 20.1. The minimum absolute atomic E-state index is 0.196. The molecule has 150 valence electrons. The van der Waals surface area contributed by atoms with Crippen molar-refractivity contribution in [3.63, 3.8) is 0 Å². The first-order valence-electron chi connectivity index (χ1n) is 9.47. The number of nitrogens with zero attached hydrogens (tertiary/aromatic N) is 5. The van der Waals surface area contributed by atoms with Crippen molar-refractivity contribution in [2.24, 2.45) is 0 Å². The molecule has 0 radical (unpaired) electrons. The van der Waals surface area contributed by atoms with Crippen LogP contribution in [-0.4, -0.2) is 74.1 Å². The fraction of sp³-hybridized carbons (Fsp3) is 0.450. The van der Waals surface area contributed by atoms with Crippen molar-refractivity contribution >= 4 is 17.4 Å². The van der Waals surface area contributed by atoms with Crippen LogP contribution in [0.1, 0.15) is 16.3 Å². The van der Waals surface area contributed by atoms with Crippen LogP contribution in [0.3, 0.4) is 0 Å². The number of likely N-dealkylation sites (N-methyl/N-ethyl adjacent to an activating group) is 1. The summed E-state index contributed by atoms with van der Waals surface area (Å²) in [4.78, 5) is 27.3. The van der Waals surface area contributed by atoms with Gasteiger partial charge >= 0.3 is 0 Å². The van der Waals surface area contributed by atoms with Crippen LogP contribution in [-0.2, 0) is 0 Å². The Morgan fingerprint density at radius 2 is 1.82 bits per heavy atom. The second kappa shape index (κ2) is 8.97. The first-order chi connectivity index (χ1) is 13.4. The molecule has 28 heavy (non-hydrogen) atoms. The number of piperazine rings is 1. The molecular formula is C20H27FN6O. The summed E-state index contributed by atoms with van der Waals surface area (Å²) in [5, 5.41) is 2.88. The normalized spacial score (nSPS) is 14.5. The van der Waals surface area contributed by atoms with Gasteiger partial charge in [-0.25, -0.2) is 14.4 Å². The van der Waals surface area contributed by atoms with Crippen LogP contribution in [0, 0.1) is 12.7 Å². The van der Waals surface area contributed by atoms with E-state index in [9.17, 15) is 9.18 Å². The second-order valence-electron chi connectivity index (χ2n) is 7.14. The number of aromatic nitrogens is 2. The molecule has 8 heteroatoms. The summed E-state index contributed by atoms with van der Waals surface area (Å²) in [5.74, 6) is 0.898. The Bertz CT molecular complexity index is 820. The van der Waals surface area contributed by atoms with Gasteiger partial charge in [0.25, 0.3) is 5.91 Å². The molecule has 2 aromatic rings. The minimum atomic E-state index is -0.203. The van der Waals surface area contributed by atoms with Crippen molar-refractivity contribution in [2.45, 2.75) is 6.92 Å². The molecular weight excluding hydrogens is 359 g/mol. The van der Waals surface area contributed by atoms with E-state index in [-0.39, 0.29) is 11.7 Å². The summed E-state index contributed by atoms with van der Waals surface area (Å²) in [6, 6.07) is 8.56. The number of anilines is 2. The lowest BCUT2D eigenvalue weighted by atomic mass is 10.2. The van der Waals surface area contributed by atoms with Crippen molar-refractivity contribution in [2.75, 3.05) is 63.2 Å². The highest BCUT2D eigenvalue weighted by Crippen LogP contribution is 2.22. The molecule has 0 unspecified atom stereocenters. The van der Waals surface area contributed by atoms with Gasteiger partial charge < -0.3 is 20.0 Å². The largest absolute Gasteiger partial charge is 0.366 e. The van der Waals surface area contributed by atoms with Crippen LogP contribution in [0.25, 0.3) is 0 Å². The first kappa shape index (κ1) is 20.0. The minimum Gasteiger partial charge on any atom is -0.366 e. The molecule has 1 aromatic carbocycles. The Hall–Kier alpha value is -2.74. The highest BCUT2D eigenvalue weighted by Gasteiger charge is 2.21. The van der Waals surface area contributed by atoms with Gasteiger partial charge in [0.2, 0.25) is 0 Å². The number of benzene rings is 1. The third kappa shape index (κ3) is 4.95. The molecule has 1 aliphatic heterocycles. The standard InChI is InChI=1S/C20H27FN6O/c1-15-23-17(20(28)22-8-9-25(2)3)14-19(24-15)27-12-10-26(11-13-27)18-7-5-4-6-16(18)21/h4-7,14H,8-13H2,1-3H3,(H,22,28). The van der Waals surface area contributed by atoms with E-state index in [0.29, 0.717) is 49.9 Å². The van der Waals surface area contributed by atoms with Crippen LogP contribution in [0.2, 0.25) is 0 Å². The number of carbonyl (C=O) groups is 1. The number of rotatable bonds is 6. The predicted octanol–water partition coefficient (Wildman–Crippen LogP) is 1.54. The van der Waals surface area contributed by atoms with Gasteiger partial charge in [-0.15, -0.1) is 0 Å². The van der Waals surface area contributed by atoms with Crippen molar-refractivity contribution in [1.82, 2.24) is 20.2 Å². The van der Waals surface area contributed by atoms with E-state index in [0.717, 1.165) is 12.4 Å². The quantitative estimate of drug-likeness (QED) is 0.813. The maximum Gasteiger partial charge on any atom is 0.270 e. The summed E-state index contributed by atoms with van der Waals surface area (Å²) < 4.78 is 14.0. The number of aryl methyl sites for hydroxylation is 1. The molecule has 1 fully saturated rings. The predicted molar refractivity (Wildman–Crippen MR) is 108 cm³/mol. The van der Waals surface area contributed by atoms with Crippen LogP contribution in [0.4, 0.5) is 15.9 Å². The van der Waals surface area contributed by atoms with Crippen molar-refractivity contribution in [3.8, 4) is 0 Å². The Morgan fingerprint density at radius 3 is 2.50 bits per heavy atom. The molecule has 1 aliphatic rings. The average molecular weight is 386 g/mol. The summed E-state index contributed by atoms with van der Waals surface area (Å²) in [7, 11) is 3.92. The number of amides is 1. The van der Waals surface area contributed by atoms with E-state index in [1.54, 1.807) is 25.1 Å². The summed E-state index contributed by atoms with van der Waals surface area (Å²) in [5.41, 5.74) is 1.000. The monoisotopic (exact) mass is 386 g/mol. The van der Waals surface area contributed by atoms with Gasteiger partial charge in [0.1, 0.15) is 23.2 Å². The molecule has 2 heterocycles. The number of hydrogen-bond acceptors (Lipinski definition) is 6. The van der Waals surface area contributed by atoms with Gasteiger partial charge in [-0.2, -0.15) is 0 Å². The Labute approximate surface area is 165 Å². The zero-order valence-corrected chi connectivity index (χ0v) is 16.7. The Balaban J connectivity index is 1.65. The van der Waals surface area contributed by atoms with Crippen LogP contribution < -0.4 is 15.1 Å². The fourth-order valence-electron chi connectivity index (χ4n) is 3.20. The first-order valence-corrected chi connectivity index (χ1v) is 9.47. The van der Waals surface area contributed by atoms with Gasteiger partial charge in [0.05, 0.1) is 5.69 Å². The molecule has 0 atom stereocenters. The molecule has 0 aliphatic carbocycles. The number of carbonyl (C=O) groups excluding carboxylic acids is 1. The van der Waals surface area contributed by atoms with E-state index >= 15 is 0 Å². The van der Waals surface area contributed by atoms with Crippen LogP contribution >= 0.6 is 0 Å². The lowest BCUT2D eigenvalue weighted by Crippen LogP contribution is -2.47. The second-order valence-corrected chi connectivity index (χ2v) is 7.14. The molecule has 1 amide bonds. The SMILES string of the molecule is Cc1nc(C(=O)NCCN(C)C)cc(N2CCN(c3ccccc3F)CC2)n1. The number of halogens is 1. The molecule has 3 rings (SSSR count). The van der Waals surface area contributed by atoms with E-state index in [1.807, 2.05) is 30.0 Å². The summed E-state index contributed by atoms with van der Waals surface area (Å²) >= 11 is 0. The lowest BCUT2D eigenvalue weighted by molar-refractivity contribution is 0.0945. The van der Waals surface area contributed by atoms with Gasteiger partial charge in [0, 0.05) is 45.3 Å². The third-order valence-corrected chi connectivity index (χ3v) is 4.70. The highest BCUT2D eigenvalue weighted by molar-refractivity contribution is 5.93. The topological polar surface area (TPSA) is 64.6 Å². The average Bonchev–Trinajstić information content (AvgIpc) is 2.68. The van der Waals surface area contributed by atoms with Crippen molar-refractivity contribution in [1.29, 1.82) is 0 Å². The van der Waals surface area contributed by atoms with Crippen LogP contribution in [0.5, 0.6) is 0 Å². The number of hydrogen-bond donors (Lipinski definition) is 1. The maximum atomic E-state index is 14.0.